The molecule has 10 nitrogen and oxygen atoms in total. The average Bonchev–Trinajstić information content (AvgIpc) is 2.93. The Morgan fingerprint density at radius 2 is 1.59 bits per heavy atom. The molecule has 0 atom stereocenters. The van der Waals surface area contributed by atoms with Crippen molar-refractivity contribution in [2.45, 2.75) is 86.3 Å². The van der Waals surface area contributed by atoms with Gasteiger partial charge in [-0.3, -0.25) is 9.78 Å². The molecule has 2 aliphatic heterocycles. The molecule has 0 aliphatic carbocycles. The fourth-order valence-corrected chi connectivity index (χ4v) is 5.80. The van der Waals surface area contributed by atoms with Crippen LogP contribution in [-0.2, 0) is 24.2 Å². The number of aromatic nitrogens is 3. The highest BCUT2D eigenvalue weighted by Crippen LogP contribution is 2.42. The molecule has 0 amide bonds. The molecule has 3 N–H and O–H groups in total. The summed E-state index contributed by atoms with van der Waals surface area (Å²) in [4.78, 5) is 40.6. The van der Waals surface area contributed by atoms with Crippen molar-refractivity contribution in [2.75, 3.05) is 29.4 Å². The first-order chi connectivity index (χ1) is 20.5. The van der Waals surface area contributed by atoms with Crippen LogP contribution in [-0.4, -0.2) is 67.4 Å². The third-order valence-corrected chi connectivity index (χ3v) is 8.12. The maximum absolute atomic E-state index is 11.9. The van der Waals surface area contributed by atoms with E-state index in [0.29, 0.717) is 18.9 Å². The van der Waals surface area contributed by atoms with Crippen LogP contribution >= 0.6 is 0 Å². The smallest absolute Gasteiger partial charge is 0.354 e. The molecule has 3 aromatic rings. The number of nitrogens with zero attached hydrogens (tertiary/aromatic N) is 5. The number of pyridine rings is 1. The van der Waals surface area contributed by atoms with Gasteiger partial charge in [0.15, 0.2) is 5.69 Å². The molecule has 236 valence electrons. The van der Waals surface area contributed by atoms with Gasteiger partial charge in [-0.05, 0) is 76.0 Å². The lowest BCUT2D eigenvalue weighted by molar-refractivity contribution is -0.136. The van der Waals surface area contributed by atoms with E-state index in [2.05, 4.69) is 51.8 Å². The number of aryl methyl sites for hydroxylation is 2. The van der Waals surface area contributed by atoms with Crippen LogP contribution in [0.5, 0.6) is 0 Å². The standard InChI is InChI=1S/C30H35N5O4.C4H10O/c1-18-23(14-26(36)37)28(34-11-8-30(3,4)9-12-34)27(19(2)33-18)21-5-6-22-16-35(10-7-20(22)13-21)25-15-24(29(38)39)31-17-32-25;1-4(2,3)5/h5-6,13,15,17H,7-12,14,16H2,1-4H3,(H,36,37)(H,38,39);5H,1-3H3. The van der Waals surface area contributed by atoms with Gasteiger partial charge in [-0.2, -0.15) is 0 Å². The number of aliphatic hydroxyl groups is 1. The number of benzene rings is 1. The lowest BCUT2D eigenvalue weighted by atomic mass is 9.82. The van der Waals surface area contributed by atoms with Gasteiger partial charge >= 0.3 is 11.9 Å². The molecular weight excluding hydrogens is 558 g/mol. The van der Waals surface area contributed by atoms with Crippen molar-refractivity contribution in [1.29, 1.82) is 0 Å². The van der Waals surface area contributed by atoms with Crippen molar-refractivity contribution < 1.29 is 24.9 Å². The molecule has 0 bridgehead atoms. The molecule has 1 fully saturated rings. The second-order valence-corrected chi connectivity index (χ2v) is 13.6. The van der Waals surface area contributed by atoms with E-state index in [1.165, 1.54) is 18.0 Å². The van der Waals surface area contributed by atoms with Gasteiger partial charge in [0.25, 0.3) is 0 Å². The van der Waals surface area contributed by atoms with Crippen LogP contribution in [0.4, 0.5) is 11.5 Å². The Morgan fingerprint density at radius 1 is 0.932 bits per heavy atom. The molecule has 44 heavy (non-hydrogen) atoms. The van der Waals surface area contributed by atoms with E-state index in [-0.39, 0.29) is 17.5 Å². The largest absolute Gasteiger partial charge is 0.481 e. The molecule has 1 aromatic carbocycles. The van der Waals surface area contributed by atoms with Gasteiger partial charge in [0.05, 0.1) is 17.7 Å². The van der Waals surface area contributed by atoms with Crippen molar-refractivity contribution in [1.82, 2.24) is 15.0 Å². The number of carboxylic acid groups (broad SMARTS) is 2. The summed E-state index contributed by atoms with van der Waals surface area (Å²) in [5.74, 6) is -1.32. The van der Waals surface area contributed by atoms with E-state index in [1.807, 2.05) is 13.8 Å². The Labute approximate surface area is 259 Å². The molecule has 10 heteroatoms. The van der Waals surface area contributed by atoms with E-state index in [4.69, 9.17) is 10.1 Å². The SMILES string of the molecule is CC(C)(C)O.Cc1nc(C)c(-c2ccc3c(c2)CCN(c2cc(C(=O)O)ncn2)C3)c(N2CCC(C)(C)CC2)c1CC(=O)O. The van der Waals surface area contributed by atoms with E-state index in [0.717, 1.165) is 71.7 Å². The lowest BCUT2D eigenvalue weighted by Crippen LogP contribution is -2.38. The minimum absolute atomic E-state index is 0.0192. The maximum Gasteiger partial charge on any atom is 0.354 e. The summed E-state index contributed by atoms with van der Waals surface area (Å²) in [6.45, 7) is 16.8. The molecule has 2 aliphatic rings. The molecule has 0 unspecified atom stereocenters. The van der Waals surface area contributed by atoms with E-state index >= 15 is 0 Å². The summed E-state index contributed by atoms with van der Waals surface area (Å²) < 4.78 is 0. The third-order valence-electron chi connectivity index (χ3n) is 8.12. The summed E-state index contributed by atoms with van der Waals surface area (Å²) in [5.41, 5.74) is 7.69. The second-order valence-electron chi connectivity index (χ2n) is 13.6. The summed E-state index contributed by atoms with van der Waals surface area (Å²) >= 11 is 0. The Hall–Kier alpha value is -4.05. The quantitative estimate of drug-likeness (QED) is 0.333. The Balaban J connectivity index is 0.000000818. The van der Waals surface area contributed by atoms with Crippen molar-refractivity contribution in [3.05, 3.63) is 64.4 Å². The lowest BCUT2D eigenvalue weighted by Gasteiger charge is -2.40. The average molecular weight is 604 g/mol. The van der Waals surface area contributed by atoms with Crippen molar-refractivity contribution >= 4 is 23.4 Å². The van der Waals surface area contributed by atoms with Gasteiger partial charge in [-0.15, -0.1) is 0 Å². The van der Waals surface area contributed by atoms with Crippen molar-refractivity contribution in [2.24, 2.45) is 5.41 Å². The Bertz CT molecular complexity index is 1530. The number of anilines is 2. The van der Waals surface area contributed by atoms with E-state index in [1.54, 1.807) is 20.8 Å². The molecule has 0 saturated carbocycles. The third kappa shape index (κ3) is 8.11. The van der Waals surface area contributed by atoms with Crippen LogP contribution in [0, 0.1) is 19.3 Å². The highest BCUT2D eigenvalue weighted by atomic mass is 16.4. The fourth-order valence-electron chi connectivity index (χ4n) is 5.80. The van der Waals surface area contributed by atoms with Gasteiger partial charge in [0, 0.05) is 54.8 Å². The Morgan fingerprint density at radius 3 is 2.20 bits per heavy atom. The van der Waals surface area contributed by atoms with Gasteiger partial charge in [0.2, 0.25) is 0 Å². The normalized spacial score (nSPS) is 16.1. The van der Waals surface area contributed by atoms with Crippen LogP contribution < -0.4 is 9.80 Å². The number of hydrogen-bond donors (Lipinski definition) is 3. The monoisotopic (exact) mass is 603 g/mol. The molecule has 4 heterocycles. The van der Waals surface area contributed by atoms with E-state index in [9.17, 15) is 19.8 Å². The predicted molar refractivity (Wildman–Crippen MR) is 171 cm³/mol. The summed E-state index contributed by atoms with van der Waals surface area (Å²) in [6.07, 6.45) is 4.11. The summed E-state index contributed by atoms with van der Waals surface area (Å²) in [6, 6.07) is 7.96. The van der Waals surface area contributed by atoms with Gasteiger partial charge in [0.1, 0.15) is 12.1 Å². The van der Waals surface area contributed by atoms with E-state index < -0.39 is 17.5 Å². The molecule has 1 saturated heterocycles. The first kappa shape index (κ1) is 32.9. The molecule has 0 radical (unpaired) electrons. The highest BCUT2D eigenvalue weighted by Gasteiger charge is 2.30. The number of carboxylic acids is 2. The number of rotatable bonds is 6. The number of fused-ring (bicyclic) bond motifs is 1. The van der Waals surface area contributed by atoms with Gasteiger partial charge in [-0.25, -0.2) is 14.8 Å². The number of aromatic carboxylic acids is 1. The Kier molecular flexibility index (Phi) is 9.63. The zero-order valence-electron chi connectivity index (χ0n) is 26.9. The number of aliphatic carboxylic acids is 1. The molecule has 2 aromatic heterocycles. The summed E-state index contributed by atoms with van der Waals surface area (Å²) in [7, 11) is 0. The minimum atomic E-state index is -1.07. The first-order valence-corrected chi connectivity index (χ1v) is 15.1. The molecule has 5 rings (SSSR count). The van der Waals surface area contributed by atoms with Crippen LogP contribution in [0.1, 0.15) is 86.0 Å². The minimum Gasteiger partial charge on any atom is -0.481 e. The highest BCUT2D eigenvalue weighted by molar-refractivity contribution is 5.87. The zero-order chi connectivity index (χ0) is 32.4. The fraction of sp³-hybridized carbons (Fsp3) is 0.500. The van der Waals surface area contributed by atoms with Crippen LogP contribution in [0.25, 0.3) is 11.1 Å². The second kappa shape index (κ2) is 12.9. The number of carbonyl (C=O) groups is 2. The summed E-state index contributed by atoms with van der Waals surface area (Å²) in [5, 5.41) is 27.6. The number of piperidine rings is 1. The molecule has 0 spiro atoms. The molecular formula is C34H45N5O5. The van der Waals surface area contributed by atoms with Crippen molar-refractivity contribution in [3.8, 4) is 11.1 Å². The maximum atomic E-state index is 11.9. The zero-order valence-corrected chi connectivity index (χ0v) is 26.9. The van der Waals surface area contributed by atoms with Crippen LogP contribution in [0.2, 0.25) is 0 Å². The van der Waals surface area contributed by atoms with Gasteiger partial charge in [-0.1, -0.05) is 32.0 Å². The van der Waals surface area contributed by atoms with Crippen LogP contribution in [0.3, 0.4) is 0 Å². The van der Waals surface area contributed by atoms with Crippen LogP contribution in [0.15, 0.2) is 30.6 Å². The first-order valence-electron chi connectivity index (χ1n) is 15.1. The topological polar surface area (TPSA) is 140 Å². The van der Waals surface area contributed by atoms with Crippen molar-refractivity contribution in [3.63, 3.8) is 0 Å². The number of hydrogen-bond acceptors (Lipinski definition) is 8. The predicted octanol–water partition coefficient (Wildman–Crippen LogP) is 5.45. The van der Waals surface area contributed by atoms with Gasteiger partial charge < -0.3 is 25.1 Å².